The van der Waals surface area contributed by atoms with Crippen LogP contribution in [0.3, 0.4) is 0 Å². The van der Waals surface area contributed by atoms with Crippen LogP contribution in [0.5, 0.6) is 5.75 Å². The smallest absolute Gasteiger partial charge is 0.148 e. The standard InChI is InChI=1S/C24H16N2OS2/c1-3-13-27-23-17-9-5-7-11-19(17)25-15-21(23)29-24-18-10-6-8-12-20(18)26-16-22(24)28-14-4-2/h1-2,5-12,15-16H,13-14H2. The lowest BCUT2D eigenvalue weighted by molar-refractivity contribution is 0.366. The Bertz CT molecular complexity index is 1270. The Morgan fingerprint density at radius 3 is 2.21 bits per heavy atom. The maximum absolute atomic E-state index is 5.95. The quantitative estimate of drug-likeness (QED) is 0.301. The number of pyridine rings is 2. The second-order valence-corrected chi connectivity index (χ2v) is 8.09. The zero-order valence-corrected chi connectivity index (χ0v) is 17.1. The van der Waals surface area contributed by atoms with Crippen LogP contribution in [-0.2, 0) is 0 Å². The average molecular weight is 413 g/mol. The van der Waals surface area contributed by atoms with Crippen molar-refractivity contribution in [1.82, 2.24) is 9.97 Å². The molecule has 4 aromatic rings. The Balaban J connectivity index is 1.87. The molecular weight excluding hydrogens is 396 g/mol. The van der Waals surface area contributed by atoms with E-state index in [2.05, 4.69) is 27.9 Å². The van der Waals surface area contributed by atoms with Crippen LogP contribution in [0.15, 0.2) is 75.6 Å². The molecule has 3 nitrogen and oxygen atoms in total. The molecule has 0 aliphatic carbocycles. The summed E-state index contributed by atoms with van der Waals surface area (Å²) in [7, 11) is 0. The average Bonchev–Trinajstić information content (AvgIpc) is 2.77. The second-order valence-electron chi connectivity index (χ2n) is 6.03. The third-order valence-electron chi connectivity index (χ3n) is 4.21. The molecule has 0 unspecified atom stereocenters. The van der Waals surface area contributed by atoms with Gasteiger partial charge in [-0.3, -0.25) is 9.97 Å². The predicted octanol–water partition coefficient (Wildman–Crippen LogP) is 5.67. The molecule has 0 atom stereocenters. The first kappa shape index (κ1) is 19.2. The Kier molecular flexibility index (Phi) is 5.91. The highest BCUT2D eigenvalue weighted by Crippen LogP contribution is 2.44. The molecule has 2 heterocycles. The van der Waals surface area contributed by atoms with Gasteiger partial charge in [-0.2, -0.15) is 0 Å². The molecule has 0 saturated heterocycles. The van der Waals surface area contributed by atoms with Crippen molar-refractivity contribution in [3.63, 3.8) is 0 Å². The summed E-state index contributed by atoms with van der Waals surface area (Å²) in [6.45, 7) is 0.192. The molecule has 0 aliphatic rings. The highest BCUT2D eigenvalue weighted by molar-refractivity contribution is 8.02. The van der Waals surface area contributed by atoms with E-state index in [1.165, 1.54) is 0 Å². The zero-order chi connectivity index (χ0) is 20.1. The van der Waals surface area contributed by atoms with Crippen molar-refractivity contribution in [2.75, 3.05) is 12.4 Å². The van der Waals surface area contributed by atoms with Crippen LogP contribution in [0, 0.1) is 24.7 Å². The van der Waals surface area contributed by atoms with Gasteiger partial charge in [0.2, 0.25) is 0 Å². The summed E-state index contributed by atoms with van der Waals surface area (Å²) in [5.41, 5.74) is 1.80. The van der Waals surface area contributed by atoms with Crippen molar-refractivity contribution in [3.05, 3.63) is 60.9 Å². The van der Waals surface area contributed by atoms with Gasteiger partial charge in [0.15, 0.2) is 0 Å². The number of para-hydroxylation sites is 2. The lowest BCUT2D eigenvalue weighted by atomic mass is 10.2. The monoisotopic (exact) mass is 412 g/mol. The summed E-state index contributed by atoms with van der Waals surface area (Å²) in [5.74, 6) is 6.55. The fourth-order valence-electron chi connectivity index (χ4n) is 2.97. The minimum Gasteiger partial charge on any atom is -0.479 e. The van der Waals surface area contributed by atoms with Crippen molar-refractivity contribution in [1.29, 1.82) is 0 Å². The molecule has 0 amide bonds. The molecule has 4 rings (SSSR count). The maximum atomic E-state index is 5.95. The SMILES string of the molecule is C#CCOc1c(Sc2c(SCC#C)cnc3ccccc23)cnc2ccccc12. The highest BCUT2D eigenvalue weighted by Gasteiger charge is 2.16. The Labute approximate surface area is 178 Å². The van der Waals surface area contributed by atoms with Gasteiger partial charge in [0.1, 0.15) is 12.4 Å². The van der Waals surface area contributed by atoms with Crippen molar-refractivity contribution in [2.45, 2.75) is 14.7 Å². The van der Waals surface area contributed by atoms with Crippen molar-refractivity contribution >= 4 is 45.3 Å². The van der Waals surface area contributed by atoms with E-state index in [9.17, 15) is 0 Å². The molecule has 0 saturated carbocycles. The van der Waals surface area contributed by atoms with Crippen molar-refractivity contribution in [2.24, 2.45) is 0 Å². The van der Waals surface area contributed by atoms with E-state index in [1.807, 2.05) is 54.9 Å². The van der Waals surface area contributed by atoms with Crippen LogP contribution < -0.4 is 4.74 Å². The first-order chi connectivity index (χ1) is 14.3. The largest absolute Gasteiger partial charge is 0.479 e. The van der Waals surface area contributed by atoms with Crippen LogP contribution in [0.2, 0.25) is 0 Å². The normalized spacial score (nSPS) is 10.6. The summed E-state index contributed by atoms with van der Waals surface area (Å²) in [6, 6.07) is 16.0. The molecule has 0 fully saturated rings. The van der Waals surface area contributed by atoms with Gasteiger partial charge in [-0.1, -0.05) is 53.9 Å². The Morgan fingerprint density at radius 2 is 1.48 bits per heavy atom. The van der Waals surface area contributed by atoms with E-state index in [0.29, 0.717) is 5.75 Å². The van der Waals surface area contributed by atoms with E-state index in [0.717, 1.165) is 42.2 Å². The van der Waals surface area contributed by atoms with E-state index in [1.54, 1.807) is 23.5 Å². The fraction of sp³-hybridized carbons (Fsp3) is 0.0833. The lowest BCUT2D eigenvalue weighted by Crippen LogP contribution is -1.98. The first-order valence-corrected chi connectivity index (χ1v) is 10.7. The number of fused-ring (bicyclic) bond motifs is 2. The number of hydrogen-bond donors (Lipinski definition) is 0. The van der Waals surface area contributed by atoms with Crippen molar-refractivity contribution in [3.8, 4) is 30.4 Å². The predicted molar refractivity (Wildman–Crippen MR) is 121 cm³/mol. The van der Waals surface area contributed by atoms with Crippen LogP contribution in [0.4, 0.5) is 0 Å². The summed E-state index contributed by atoms with van der Waals surface area (Å²) < 4.78 is 5.95. The van der Waals surface area contributed by atoms with Crippen LogP contribution in [0.25, 0.3) is 21.8 Å². The highest BCUT2D eigenvalue weighted by atomic mass is 32.2. The van der Waals surface area contributed by atoms with Crippen LogP contribution in [0.1, 0.15) is 0 Å². The number of benzene rings is 2. The van der Waals surface area contributed by atoms with Gasteiger partial charge >= 0.3 is 0 Å². The molecule has 5 heteroatoms. The lowest BCUT2D eigenvalue weighted by Gasteiger charge is -2.15. The van der Waals surface area contributed by atoms with Gasteiger partial charge in [0, 0.05) is 33.0 Å². The Hall–Kier alpha value is -3.12. The maximum Gasteiger partial charge on any atom is 0.148 e. The summed E-state index contributed by atoms with van der Waals surface area (Å²) in [6.07, 6.45) is 14.6. The molecular formula is C24H16N2OS2. The number of aromatic nitrogens is 2. The molecule has 0 bridgehead atoms. The molecule has 2 aromatic heterocycles. The third-order valence-corrected chi connectivity index (χ3v) is 6.42. The van der Waals surface area contributed by atoms with Gasteiger partial charge in [0.25, 0.3) is 0 Å². The summed E-state index contributed by atoms with van der Waals surface area (Å²) >= 11 is 3.20. The number of thioether (sulfide) groups is 1. The van der Waals surface area contributed by atoms with Crippen molar-refractivity contribution < 1.29 is 4.74 Å². The summed E-state index contributed by atoms with van der Waals surface area (Å²) in [4.78, 5) is 12.2. The molecule has 0 spiro atoms. The van der Waals surface area contributed by atoms with Crippen LogP contribution >= 0.6 is 23.5 Å². The molecule has 29 heavy (non-hydrogen) atoms. The minimum atomic E-state index is 0.192. The van der Waals surface area contributed by atoms with Gasteiger partial charge in [-0.05, 0) is 18.2 Å². The first-order valence-electron chi connectivity index (χ1n) is 8.87. The minimum absolute atomic E-state index is 0.192. The summed E-state index contributed by atoms with van der Waals surface area (Å²) in [5, 5.41) is 2.00. The number of rotatable bonds is 6. The second kappa shape index (κ2) is 8.92. The van der Waals surface area contributed by atoms with E-state index in [-0.39, 0.29) is 6.61 Å². The van der Waals surface area contributed by atoms with E-state index >= 15 is 0 Å². The van der Waals surface area contributed by atoms with E-state index < -0.39 is 0 Å². The Morgan fingerprint density at radius 1 is 0.828 bits per heavy atom. The van der Waals surface area contributed by atoms with Gasteiger partial charge < -0.3 is 4.74 Å². The van der Waals surface area contributed by atoms with Crippen LogP contribution in [-0.4, -0.2) is 22.3 Å². The fourth-order valence-corrected chi connectivity index (χ4v) is 4.90. The topological polar surface area (TPSA) is 35.0 Å². The number of ether oxygens (including phenoxy) is 1. The third kappa shape index (κ3) is 4.03. The molecule has 2 aromatic carbocycles. The molecule has 0 N–H and O–H groups in total. The number of hydrogen-bond acceptors (Lipinski definition) is 5. The zero-order valence-electron chi connectivity index (χ0n) is 15.5. The van der Waals surface area contributed by atoms with Gasteiger partial charge in [0.05, 0.1) is 21.7 Å². The number of nitrogens with zero attached hydrogens (tertiary/aromatic N) is 2. The molecule has 0 aliphatic heterocycles. The number of terminal acetylenes is 2. The van der Waals surface area contributed by atoms with Gasteiger partial charge in [-0.15, -0.1) is 24.6 Å². The molecule has 140 valence electrons. The van der Waals surface area contributed by atoms with E-state index in [4.69, 9.17) is 17.6 Å². The molecule has 0 radical (unpaired) electrons. The van der Waals surface area contributed by atoms with Gasteiger partial charge in [-0.25, -0.2) is 0 Å².